The van der Waals surface area contributed by atoms with Crippen LogP contribution < -0.4 is 5.56 Å². The van der Waals surface area contributed by atoms with Gasteiger partial charge in [-0.05, 0) is 57.6 Å². The number of H-pyrrole nitrogens is 1. The molecule has 32 heavy (non-hydrogen) atoms. The monoisotopic (exact) mass is 434 g/mol. The molecule has 1 aliphatic carbocycles. The number of carbonyl (C=O) groups is 1. The van der Waals surface area contributed by atoms with Crippen molar-refractivity contribution in [3.8, 4) is 0 Å². The molecule has 3 heterocycles. The Morgan fingerprint density at radius 2 is 1.88 bits per heavy atom. The highest BCUT2D eigenvalue weighted by molar-refractivity contribution is 5.94. The van der Waals surface area contributed by atoms with E-state index in [0.717, 1.165) is 55.6 Å². The number of piperidine rings is 1. The summed E-state index contributed by atoms with van der Waals surface area (Å²) < 4.78 is 0. The lowest BCUT2D eigenvalue weighted by atomic mass is 9.92. The van der Waals surface area contributed by atoms with Crippen molar-refractivity contribution in [3.05, 3.63) is 62.8 Å². The summed E-state index contributed by atoms with van der Waals surface area (Å²) in [5.41, 5.74) is 3.54. The van der Waals surface area contributed by atoms with Crippen LogP contribution in [0.5, 0.6) is 0 Å². The zero-order chi connectivity index (χ0) is 22.1. The van der Waals surface area contributed by atoms with E-state index in [1.807, 2.05) is 36.1 Å². The third-order valence-electron chi connectivity index (χ3n) is 7.56. The summed E-state index contributed by atoms with van der Waals surface area (Å²) in [7, 11) is 0. The second-order valence-corrected chi connectivity index (χ2v) is 9.77. The minimum Gasteiger partial charge on any atom is -0.328 e. The minimum absolute atomic E-state index is 0.0122. The first-order valence-electron chi connectivity index (χ1n) is 12.3. The van der Waals surface area contributed by atoms with Crippen molar-refractivity contribution in [3.63, 3.8) is 0 Å². The summed E-state index contributed by atoms with van der Waals surface area (Å²) in [5.74, 6) is 0.697. The summed E-state index contributed by atoms with van der Waals surface area (Å²) in [4.78, 5) is 38.9. The van der Waals surface area contributed by atoms with Crippen molar-refractivity contribution >= 4 is 5.91 Å². The van der Waals surface area contributed by atoms with Crippen molar-refractivity contribution in [1.29, 1.82) is 0 Å². The Kier molecular flexibility index (Phi) is 6.13. The quantitative estimate of drug-likeness (QED) is 0.788. The molecule has 3 aliphatic rings. The molecular weight excluding hydrogens is 400 g/mol. The van der Waals surface area contributed by atoms with E-state index in [2.05, 4.69) is 9.88 Å². The molecule has 1 saturated carbocycles. The smallest absolute Gasteiger partial charge is 0.254 e. The van der Waals surface area contributed by atoms with E-state index < -0.39 is 0 Å². The van der Waals surface area contributed by atoms with Crippen LogP contribution in [0.2, 0.25) is 0 Å². The average Bonchev–Trinajstić information content (AvgIpc) is 2.84. The maximum Gasteiger partial charge on any atom is 0.254 e. The minimum atomic E-state index is -0.167. The number of likely N-dealkylation sites (tertiary alicyclic amines) is 1. The Bertz CT molecular complexity index is 1040. The second-order valence-electron chi connectivity index (χ2n) is 9.77. The van der Waals surface area contributed by atoms with Gasteiger partial charge in [0.05, 0.1) is 11.7 Å². The fourth-order valence-electron chi connectivity index (χ4n) is 5.80. The third-order valence-corrected chi connectivity index (χ3v) is 7.56. The summed E-state index contributed by atoms with van der Waals surface area (Å²) in [5, 5.41) is 0. The molecule has 1 atom stereocenters. The number of aryl methyl sites for hydroxylation is 1. The Balaban J connectivity index is 1.42. The summed E-state index contributed by atoms with van der Waals surface area (Å²) in [6, 6.07) is 8.21. The van der Waals surface area contributed by atoms with Crippen LogP contribution in [0.25, 0.3) is 0 Å². The molecule has 6 heteroatoms. The van der Waals surface area contributed by atoms with E-state index in [1.54, 1.807) is 0 Å². The topological polar surface area (TPSA) is 69.3 Å². The van der Waals surface area contributed by atoms with Crippen molar-refractivity contribution in [2.24, 2.45) is 0 Å². The number of aromatic nitrogens is 2. The number of fused-ring (bicyclic) bond motifs is 1. The molecule has 1 aromatic heterocycles. The molecule has 6 nitrogen and oxygen atoms in total. The van der Waals surface area contributed by atoms with E-state index in [0.29, 0.717) is 24.0 Å². The van der Waals surface area contributed by atoms with Gasteiger partial charge in [-0.3, -0.25) is 14.5 Å². The van der Waals surface area contributed by atoms with Crippen LogP contribution >= 0.6 is 0 Å². The van der Waals surface area contributed by atoms with Gasteiger partial charge in [0.1, 0.15) is 5.82 Å². The number of nitrogens with one attached hydrogen (secondary N) is 1. The Hall–Kier alpha value is -2.47. The van der Waals surface area contributed by atoms with E-state index in [4.69, 9.17) is 4.98 Å². The van der Waals surface area contributed by atoms with Gasteiger partial charge in [-0.1, -0.05) is 37.0 Å². The van der Waals surface area contributed by atoms with Crippen LogP contribution in [0.3, 0.4) is 0 Å². The molecule has 0 spiro atoms. The number of hydrogen-bond donors (Lipinski definition) is 1. The fourth-order valence-corrected chi connectivity index (χ4v) is 5.80. The third kappa shape index (κ3) is 4.25. The molecule has 1 saturated heterocycles. The number of rotatable bonds is 3. The van der Waals surface area contributed by atoms with Crippen molar-refractivity contribution in [2.75, 3.05) is 13.1 Å². The molecule has 170 valence electrons. The first-order valence-corrected chi connectivity index (χ1v) is 12.3. The van der Waals surface area contributed by atoms with Crippen LogP contribution in [0.1, 0.15) is 90.4 Å². The number of carbonyl (C=O) groups excluding carboxylic acids is 1. The Labute approximate surface area is 190 Å². The van der Waals surface area contributed by atoms with Gasteiger partial charge >= 0.3 is 0 Å². The van der Waals surface area contributed by atoms with Crippen molar-refractivity contribution in [1.82, 2.24) is 19.8 Å². The number of benzene rings is 1. The molecule has 1 amide bonds. The standard InChI is InChI=1S/C26H34N4O2/c1-18-8-7-9-19(16-18)26(32)30-14-6-5-12-23(30)24-27-22-17-29(20-10-3-2-4-11-20)15-13-21(22)25(31)28-24/h7-9,16,20,23H,2-6,10-15,17H2,1H3,(H,27,28,31)/t23-/m1/s1. The number of aromatic amines is 1. The molecule has 0 unspecified atom stereocenters. The largest absolute Gasteiger partial charge is 0.328 e. The predicted octanol–water partition coefficient (Wildman–Crippen LogP) is 4.14. The zero-order valence-electron chi connectivity index (χ0n) is 19.1. The van der Waals surface area contributed by atoms with Gasteiger partial charge in [0, 0.05) is 36.8 Å². The summed E-state index contributed by atoms with van der Waals surface area (Å²) >= 11 is 0. The van der Waals surface area contributed by atoms with Crippen LogP contribution in [-0.4, -0.2) is 44.8 Å². The predicted molar refractivity (Wildman–Crippen MR) is 125 cm³/mol. The van der Waals surface area contributed by atoms with Gasteiger partial charge in [0.2, 0.25) is 0 Å². The highest BCUT2D eigenvalue weighted by atomic mass is 16.2. The lowest BCUT2D eigenvalue weighted by Crippen LogP contribution is -2.44. The first kappa shape index (κ1) is 21.4. The number of amides is 1. The van der Waals surface area contributed by atoms with Crippen LogP contribution in [-0.2, 0) is 13.0 Å². The average molecular weight is 435 g/mol. The molecule has 1 aromatic carbocycles. The van der Waals surface area contributed by atoms with E-state index in [9.17, 15) is 9.59 Å². The zero-order valence-corrected chi connectivity index (χ0v) is 19.1. The van der Waals surface area contributed by atoms with E-state index >= 15 is 0 Å². The number of hydrogen-bond acceptors (Lipinski definition) is 4. The first-order chi connectivity index (χ1) is 15.6. The van der Waals surface area contributed by atoms with Crippen LogP contribution in [0, 0.1) is 6.92 Å². The summed E-state index contributed by atoms with van der Waals surface area (Å²) in [6.45, 7) is 4.41. The maximum absolute atomic E-state index is 13.4. The Morgan fingerprint density at radius 1 is 1.06 bits per heavy atom. The molecule has 2 fully saturated rings. The lowest BCUT2D eigenvalue weighted by molar-refractivity contribution is 0.0598. The van der Waals surface area contributed by atoms with Gasteiger partial charge in [-0.2, -0.15) is 0 Å². The highest BCUT2D eigenvalue weighted by Crippen LogP contribution is 2.32. The van der Waals surface area contributed by atoms with Crippen molar-refractivity contribution in [2.45, 2.75) is 83.3 Å². The summed E-state index contributed by atoms with van der Waals surface area (Å²) in [6.07, 6.45) is 10.1. The van der Waals surface area contributed by atoms with Gasteiger partial charge in [-0.25, -0.2) is 4.98 Å². The normalized spacial score (nSPS) is 22.5. The molecule has 1 N–H and O–H groups in total. The van der Waals surface area contributed by atoms with Gasteiger partial charge < -0.3 is 9.88 Å². The van der Waals surface area contributed by atoms with Crippen molar-refractivity contribution < 1.29 is 4.79 Å². The van der Waals surface area contributed by atoms with Crippen LogP contribution in [0.4, 0.5) is 0 Å². The lowest BCUT2D eigenvalue weighted by Gasteiger charge is -2.38. The van der Waals surface area contributed by atoms with Gasteiger partial charge in [0.25, 0.3) is 11.5 Å². The molecule has 0 bridgehead atoms. The molecule has 2 aromatic rings. The maximum atomic E-state index is 13.4. The number of nitrogens with zero attached hydrogens (tertiary/aromatic N) is 3. The fraction of sp³-hybridized carbons (Fsp3) is 0.577. The van der Waals surface area contributed by atoms with Gasteiger partial charge in [-0.15, -0.1) is 0 Å². The Morgan fingerprint density at radius 3 is 2.69 bits per heavy atom. The van der Waals surface area contributed by atoms with Crippen LogP contribution in [0.15, 0.2) is 29.1 Å². The second kappa shape index (κ2) is 9.18. The molecular formula is C26H34N4O2. The SMILES string of the molecule is Cc1cccc(C(=O)N2CCCC[C@@H]2c2nc3c(c(=O)[nH]2)CCN(C2CCCCC2)C3)c1. The molecule has 0 radical (unpaired) electrons. The highest BCUT2D eigenvalue weighted by Gasteiger charge is 2.33. The molecule has 5 rings (SSSR count). The van der Waals surface area contributed by atoms with E-state index in [1.165, 1.54) is 32.1 Å². The molecule has 2 aliphatic heterocycles. The van der Waals surface area contributed by atoms with E-state index in [-0.39, 0.29) is 17.5 Å². The van der Waals surface area contributed by atoms with Gasteiger partial charge in [0.15, 0.2) is 0 Å².